The third-order valence-electron chi connectivity index (χ3n) is 6.35. The van der Waals surface area contributed by atoms with Crippen molar-refractivity contribution in [3.05, 3.63) is 122 Å². The van der Waals surface area contributed by atoms with E-state index in [0.717, 1.165) is 61.6 Å². The number of hydrogen-bond acceptors (Lipinski definition) is 2. The topological polar surface area (TPSA) is 18.5 Å². The van der Waals surface area contributed by atoms with Gasteiger partial charge in [-0.3, -0.25) is 0 Å². The fourth-order valence-electron chi connectivity index (χ4n) is 4.91. The molecule has 0 atom stereocenters. The summed E-state index contributed by atoms with van der Waals surface area (Å²) in [6.07, 6.45) is 5.60. The first-order chi connectivity index (χ1) is 16.3. The molecule has 0 aliphatic carbocycles. The van der Waals surface area contributed by atoms with Crippen LogP contribution in [-0.4, -0.2) is 6.71 Å². The van der Waals surface area contributed by atoms with Gasteiger partial charge in [-0.25, -0.2) is 0 Å². The van der Waals surface area contributed by atoms with Gasteiger partial charge < -0.3 is 9.47 Å². The minimum absolute atomic E-state index is 0.0158. The van der Waals surface area contributed by atoms with E-state index in [2.05, 4.69) is 67.8 Å². The van der Waals surface area contributed by atoms with Crippen LogP contribution in [0.4, 0.5) is 0 Å². The van der Waals surface area contributed by atoms with Gasteiger partial charge in [0.15, 0.2) is 0 Å². The van der Waals surface area contributed by atoms with Crippen molar-refractivity contribution in [1.29, 1.82) is 0 Å². The van der Waals surface area contributed by atoms with Gasteiger partial charge in [0.1, 0.15) is 23.0 Å². The highest BCUT2D eigenvalue weighted by atomic mass is 16.5. The summed E-state index contributed by atoms with van der Waals surface area (Å²) in [6, 6.07) is 29.1. The molecule has 2 heterocycles. The molecule has 0 fully saturated rings. The van der Waals surface area contributed by atoms with Crippen LogP contribution in [0.15, 0.2) is 116 Å². The summed E-state index contributed by atoms with van der Waals surface area (Å²) in [5.41, 5.74) is 7.40. The molecule has 0 N–H and O–H groups in total. The van der Waals surface area contributed by atoms with Crippen LogP contribution in [-0.2, 0) is 0 Å². The molecule has 2 nitrogen and oxygen atoms in total. The minimum atomic E-state index is 0.0158. The largest absolute Gasteiger partial charge is 0.458 e. The molecule has 0 spiro atoms. The van der Waals surface area contributed by atoms with Crippen molar-refractivity contribution in [2.24, 2.45) is 0 Å². The highest BCUT2D eigenvalue weighted by Gasteiger charge is 2.42. The van der Waals surface area contributed by atoms with E-state index in [9.17, 15) is 0 Å². The molecule has 33 heavy (non-hydrogen) atoms. The van der Waals surface area contributed by atoms with Crippen LogP contribution in [0.2, 0.25) is 0 Å². The zero-order valence-electron chi connectivity index (χ0n) is 18.1. The number of rotatable bonds is 4. The smallest absolute Gasteiger partial charge is 0.260 e. The van der Waals surface area contributed by atoms with Crippen molar-refractivity contribution in [1.82, 2.24) is 0 Å². The zero-order chi connectivity index (χ0) is 22.4. The molecule has 6 rings (SSSR count). The van der Waals surface area contributed by atoms with Crippen LogP contribution in [0, 0.1) is 0 Å². The second kappa shape index (κ2) is 7.72. The summed E-state index contributed by atoms with van der Waals surface area (Å²) in [7, 11) is 0. The number of benzene rings is 4. The summed E-state index contributed by atoms with van der Waals surface area (Å²) in [6.45, 7) is 7.98. The second-order valence-electron chi connectivity index (χ2n) is 8.18. The number of fused-ring (bicyclic) bond motifs is 4. The van der Waals surface area contributed by atoms with Crippen LogP contribution in [0.1, 0.15) is 5.56 Å². The van der Waals surface area contributed by atoms with Crippen molar-refractivity contribution >= 4 is 28.7 Å². The lowest BCUT2D eigenvalue weighted by atomic mass is 9.34. The van der Waals surface area contributed by atoms with E-state index in [1.165, 1.54) is 0 Å². The Balaban J connectivity index is 1.75. The van der Waals surface area contributed by atoms with Gasteiger partial charge in [-0.15, -0.1) is 0 Å². The SMILES string of the molecule is C=C/C=C(\C=C)c1cc(-c2ccccc2)c2c3c1Oc1ccccc1B3c1ccccc1O2. The maximum atomic E-state index is 6.61. The molecule has 0 aromatic heterocycles. The third-order valence-corrected chi connectivity index (χ3v) is 6.35. The molecular formula is C30H21BO2. The molecule has 4 aromatic carbocycles. The Bertz CT molecular complexity index is 1440. The van der Waals surface area contributed by atoms with Gasteiger partial charge in [-0.05, 0) is 40.3 Å². The van der Waals surface area contributed by atoms with Crippen molar-refractivity contribution in [3.63, 3.8) is 0 Å². The van der Waals surface area contributed by atoms with Gasteiger partial charge in [0.05, 0.1) is 0 Å². The Morgan fingerprint density at radius 3 is 1.97 bits per heavy atom. The maximum Gasteiger partial charge on any atom is 0.260 e. The number of allylic oxidation sites excluding steroid dienone is 4. The maximum absolute atomic E-state index is 6.61. The fourth-order valence-corrected chi connectivity index (χ4v) is 4.91. The molecule has 3 heteroatoms. The number of ether oxygens (including phenoxy) is 2. The second-order valence-corrected chi connectivity index (χ2v) is 8.18. The van der Waals surface area contributed by atoms with Gasteiger partial charge in [0.2, 0.25) is 0 Å². The molecular weight excluding hydrogens is 403 g/mol. The van der Waals surface area contributed by atoms with Crippen molar-refractivity contribution in [3.8, 4) is 34.1 Å². The summed E-state index contributed by atoms with van der Waals surface area (Å²) in [5.74, 6) is 3.41. The molecule has 0 radical (unpaired) electrons. The molecule has 2 aliphatic heterocycles. The normalized spacial score (nSPS) is 13.1. The quantitative estimate of drug-likeness (QED) is 0.262. The summed E-state index contributed by atoms with van der Waals surface area (Å²) < 4.78 is 13.2. The highest BCUT2D eigenvalue weighted by Crippen LogP contribution is 2.44. The van der Waals surface area contributed by atoms with E-state index < -0.39 is 0 Å². The van der Waals surface area contributed by atoms with Crippen molar-refractivity contribution in [2.75, 3.05) is 0 Å². The van der Waals surface area contributed by atoms with E-state index in [-0.39, 0.29) is 6.71 Å². The molecule has 4 aromatic rings. The van der Waals surface area contributed by atoms with E-state index in [1.807, 2.05) is 42.5 Å². The Kier molecular flexibility index (Phi) is 4.55. The van der Waals surface area contributed by atoms with Crippen LogP contribution >= 0.6 is 0 Å². The average Bonchev–Trinajstić information content (AvgIpc) is 2.88. The monoisotopic (exact) mass is 424 g/mol. The number of para-hydroxylation sites is 2. The lowest BCUT2D eigenvalue weighted by Gasteiger charge is -2.35. The predicted molar refractivity (Wildman–Crippen MR) is 138 cm³/mol. The Morgan fingerprint density at radius 1 is 0.727 bits per heavy atom. The highest BCUT2D eigenvalue weighted by molar-refractivity contribution is 6.98. The van der Waals surface area contributed by atoms with E-state index in [1.54, 1.807) is 6.08 Å². The predicted octanol–water partition coefficient (Wildman–Crippen LogP) is 5.84. The summed E-state index contributed by atoms with van der Waals surface area (Å²) in [4.78, 5) is 0. The van der Waals surface area contributed by atoms with Crippen LogP contribution in [0.5, 0.6) is 23.0 Å². The third kappa shape index (κ3) is 2.97. The molecule has 2 aliphatic rings. The molecule has 0 bridgehead atoms. The van der Waals surface area contributed by atoms with Gasteiger partial charge in [-0.2, -0.15) is 0 Å². The lowest BCUT2D eigenvalue weighted by molar-refractivity contribution is 0.464. The zero-order valence-corrected chi connectivity index (χ0v) is 18.1. The first kappa shape index (κ1) is 19.5. The molecule has 156 valence electrons. The van der Waals surface area contributed by atoms with E-state index in [4.69, 9.17) is 9.47 Å². The molecule has 0 unspecified atom stereocenters. The van der Waals surface area contributed by atoms with Gasteiger partial charge >= 0.3 is 0 Å². The Hall–Kier alpha value is -4.24. The van der Waals surface area contributed by atoms with Crippen molar-refractivity contribution in [2.45, 2.75) is 0 Å². The number of hydrogen-bond donors (Lipinski definition) is 0. The molecule has 0 saturated carbocycles. The standard InChI is InChI=1S/C30H21BO2/c1-3-12-20(4-2)22-19-23(21-13-6-5-7-14-21)30-28-29(22)32-26-17-10-8-15-24(26)31(28)25-16-9-11-18-27(25)33-30/h3-19H,1-2H2/b20-12+. The molecule has 0 amide bonds. The van der Waals surface area contributed by atoms with Crippen LogP contribution in [0.25, 0.3) is 16.7 Å². The van der Waals surface area contributed by atoms with Crippen molar-refractivity contribution < 1.29 is 9.47 Å². The van der Waals surface area contributed by atoms with E-state index >= 15 is 0 Å². The summed E-state index contributed by atoms with van der Waals surface area (Å²) in [5, 5.41) is 0. The Morgan fingerprint density at radius 2 is 1.33 bits per heavy atom. The fraction of sp³-hybridized carbons (Fsp3) is 0. The first-order valence-corrected chi connectivity index (χ1v) is 11.1. The Labute approximate surface area is 194 Å². The van der Waals surface area contributed by atoms with Gasteiger partial charge in [-0.1, -0.05) is 98.1 Å². The van der Waals surface area contributed by atoms with Gasteiger partial charge in [0.25, 0.3) is 6.71 Å². The average molecular weight is 424 g/mol. The summed E-state index contributed by atoms with van der Waals surface area (Å²) >= 11 is 0. The first-order valence-electron chi connectivity index (χ1n) is 11.1. The lowest BCUT2D eigenvalue weighted by Crippen LogP contribution is -2.57. The minimum Gasteiger partial charge on any atom is -0.458 e. The van der Waals surface area contributed by atoms with Crippen LogP contribution < -0.4 is 25.9 Å². The molecule has 0 saturated heterocycles. The van der Waals surface area contributed by atoms with E-state index in [0.29, 0.717) is 0 Å². The van der Waals surface area contributed by atoms with Crippen LogP contribution in [0.3, 0.4) is 0 Å². The van der Waals surface area contributed by atoms with Gasteiger partial charge in [0, 0.05) is 16.6 Å².